The Morgan fingerprint density at radius 2 is 2.16 bits per heavy atom. The van der Waals surface area contributed by atoms with E-state index in [0.717, 1.165) is 34.6 Å². The zero-order valence-electron chi connectivity index (χ0n) is 11.5. The van der Waals surface area contributed by atoms with Crippen molar-refractivity contribution in [2.45, 2.75) is 20.8 Å². The fourth-order valence-corrected chi connectivity index (χ4v) is 2.35. The lowest BCUT2D eigenvalue weighted by Crippen LogP contribution is -2.04. The second kappa shape index (κ2) is 6.52. The predicted molar refractivity (Wildman–Crippen MR) is 79.8 cm³/mol. The molecular formula is C14H19N3OS. The van der Waals surface area contributed by atoms with E-state index in [1.807, 2.05) is 31.2 Å². The Hall–Kier alpha value is -1.62. The molecule has 1 heterocycles. The van der Waals surface area contributed by atoms with E-state index in [4.69, 9.17) is 4.74 Å². The van der Waals surface area contributed by atoms with Crippen LogP contribution in [0, 0.1) is 5.92 Å². The fourth-order valence-electron chi connectivity index (χ4n) is 1.54. The van der Waals surface area contributed by atoms with Crippen LogP contribution >= 0.6 is 11.3 Å². The molecule has 0 aliphatic heterocycles. The summed E-state index contributed by atoms with van der Waals surface area (Å²) in [5, 5.41) is 13.2. The first-order chi connectivity index (χ1) is 9.19. The van der Waals surface area contributed by atoms with Crippen LogP contribution < -0.4 is 10.1 Å². The largest absolute Gasteiger partial charge is 0.493 e. The van der Waals surface area contributed by atoms with Crippen LogP contribution in [0.25, 0.3) is 10.6 Å². The standard InChI is InChI=1S/C14H19N3OS/c1-4-15-14-17-16-13(19-14)11-6-5-7-12(8-11)18-9-10(2)3/h5-8,10H,4,9H2,1-3H3,(H,15,17). The van der Waals surface area contributed by atoms with E-state index in [1.165, 1.54) is 0 Å². The lowest BCUT2D eigenvalue weighted by Gasteiger charge is -2.08. The maximum atomic E-state index is 5.72. The molecule has 1 aromatic heterocycles. The first-order valence-corrected chi connectivity index (χ1v) is 7.31. The number of ether oxygens (including phenoxy) is 1. The fraction of sp³-hybridized carbons (Fsp3) is 0.429. The molecule has 0 spiro atoms. The van der Waals surface area contributed by atoms with Gasteiger partial charge in [-0.3, -0.25) is 0 Å². The maximum absolute atomic E-state index is 5.72. The molecule has 2 aromatic rings. The number of aromatic nitrogens is 2. The molecule has 2 rings (SSSR count). The third-order valence-electron chi connectivity index (χ3n) is 2.42. The summed E-state index contributed by atoms with van der Waals surface area (Å²) < 4.78 is 5.72. The molecule has 4 nitrogen and oxygen atoms in total. The molecule has 0 aliphatic carbocycles. The van der Waals surface area contributed by atoms with Crippen LogP contribution in [0.2, 0.25) is 0 Å². The van der Waals surface area contributed by atoms with Gasteiger partial charge >= 0.3 is 0 Å². The molecule has 0 unspecified atom stereocenters. The average molecular weight is 277 g/mol. The molecule has 0 aliphatic rings. The van der Waals surface area contributed by atoms with Crippen LogP contribution in [-0.2, 0) is 0 Å². The Balaban J connectivity index is 2.12. The topological polar surface area (TPSA) is 47.0 Å². The van der Waals surface area contributed by atoms with Crippen LogP contribution in [-0.4, -0.2) is 23.3 Å². The van der Waals surface area contributed by atoms with E-state index in [9.17, 15) is 0 Å². The molecule has 0 amide bonds. The summed E-state index contributed by atoms with van der Waals surface area (Å²) in [5.74, 6) is 1.40. The van der Waals surface area contributed by atoms with E-state index in [-0.39, 0.29) is 0 Å². The number of hydrogen-bond acceptors (Lipinski definition) is 5. The number of benzene rings is 1. The Kier molecular flexibility index (Phi) is 4.74. The zero-order valence-corrected chi connectivity index (χ0v) is 12.3. The van der Waals surface area contributed by atoms with Gasteiger partial charge in [-0.2, -0.15) is 0 Å². The van der Waals surface area contributed by atoms with Gasteiger partial charge in [-0.25, -0.2) is 0 Å². The van der Waals surface area contributed by atoms with Gasteiger partial charge in [0.25, 0.3) is 0 Å². The summed E-state index contributed by atoms with van der Waals surface area (Å²) in [6, 6.07) is 7.99. The first-order valence-electron chi connectivity index (χ1n) is 6.49. The summed E-state index contributed by atoms with van der Waals surface area (Å²) in [7, 11) is 0. The summed E-state index contributed by atoms with van der Waals surface area (Å²) in [5.41, 5.74) is 1.04. The minimum Gasteiger partial charge on any atom is -0.493 e. The number of rotatable bonds is 6. The molecule has 0 saturated carbocycles. The highest BCUT2D eigenvalue weighted by atomic mass is 32.1. The van der Waals surface area contributed by atoms with Crippen molar-refractivity contribution in [3.63, 3.8) is 0 Å². The number of anilines is 1. The van der Waals surface area contributed by atoms with E-state index in [1.54, 1.807) is 11.3 Å². The van der Waals surface area contributed by atoms with Gasteiger partial charge < -0.3 is 10.1 Å². The van der Waals surface area contributed by atoms with Gasteiger partial charge in [0.1, 0.15) is 10.8 Å². The minimum absolute atomic E-state index is 0.519. The maximum Gasteiger partial charge on any atom is 0.205 e. The third-order valence-corrected chi connectivity index (χ3v) is 3.35. The quantitative estimate of drug-likeness (QED) is 0.875. The molecule has 0 saturated heterocycles. The lowest BCUT2D eigenvalue weighted by atomic mass is 10.2. The Bertz CT molecular complexity index is 525. The number of nitrogens with one attached hydrogen (secondary N) is 1. The molecule has 1 N–H and O–H groups in total. The Morgan fingerprint density at radius 1 is 1.32 bits per heavy atom. The van der Waals surface area contributed by atoms with E-state index < -0.39 is 0 Å². The van der Waals surface area contributed by atoms with Crippen molar-refractivity contribution in [1.29, 1.82) is 0 Å². The molecule has 0 fully saturated rings. The molecule has 5 heteroatoms. The van der Waals surface area contributed by atoms with Gasteiger partial charge in [-0.05, 0) is 25.0 Å². The molecule has 0 atom stereocenters. The molecular weight excluding hydrogens is 258 g/mol. The monoisotopic (exact) mass is 277 g/mol. The molecule has 0 radical (unpaired) electrons. The van der Waals surface area contributed by atoms with Crippen LogP contribution in [0.4, 0.5) is 5.13 Å². The molecule has 1 aromatic carbocycles. The van der Waals surface area contributed by atoms with Gasteiger partial charge in [0.15, 0.2) is 0 Å². The van der Waals surface area contributed by atoms with Crippen LogP contribution in [0.5, 0.6) is 5.75 Å². The number of nitrogens with zero attached hydrogens (tertiary/aromatic N) is 2. The highest BCUT2D eigenvalue weighted by Crippen LogP contribution is 2.28. The van der Waals surface area contributed by atoms with Crippen LogP contribution in [0.1, 0.15) is 20.8 Å². The number of hydrogen-bond donors (Lipinski definition) is 1. The summed E-state index contributed by atoms with van der Waals surface area (Å²) in [4.78, 5) is 0. The highest BCUT2D eigenvalue weighted by Gasteiger charge is 2.07. The van der Waals surface area contributed by atoms with Crippen molar-refractivity contribution in [2.24, 2.45) is 5.92 Å². The van der Waals surface area contributed by atoms with Crippen LogP contribution in [0.15, 0.2) is 24.3 Å². The third kappa shape index (κ3) is 3.92. The average Bonchev–Trinajstić information content (AvgIpc) is 2.86. The van der Waals surface area contributed by atoms with Crippen molar-refractivity contribution in [3.8, 4) is 16.3 Å². The van der Waals surface area contributed by atoms with Gasteiger partial charge in [0, 0.05) is 12.1 Å². The van der Waals surface area contributed by atoms with Gasteiger partial charge in [-0.15, -0.1) is 10.2 Å². The van der Waals surface area contributed by atoms with Crippen molar-refractivity contribution >= 4 is 16.5 Å². The lowest BCUT2D eigenvalue weighted by molar-refractivity contribution is 0.271. The van der Waals surface area contributed by atoms with Gasteiger partial charge in [0.2, 0.25) is 5.13 Å². The van der Waals surface area contributed by atoms with Gasteiger partial charge in [-0.1, -0.05) is 37.3 Å². The van der Waals surface area contributed by atoms with Crippen molar-refractivity contribution in [3.05, 3.63) is 24.3 Å². The summed E-state index contributed by atoms with van der Waals surface area (Å²) in [6.45, 7) is 7.89. The SMILES string of the molecule is CCNc1nnc(-c2cccc(OCC(C)C)c2)s1. The van der Waals surface area contributed by atoms with Crippen LogP contribution in [0.3, 0.4) is 0 Å². The second-order valence-corrected chi connectivity index (χ2v) is 5.65. The normalized spacial score (nSPS) is 10.7. The Labute approximate surface area is 117 Å². The van der Waals surface area contributed by atoms with E-state index >= 15 is 0 Å². The summed E-state index contributed by atoms with van der Waals surface area (Å²) >= 11 is 1.55. The highest BCUT2D eigenvalue weighted by molar-refractivity contribution is 7.18. The van der Waals surface area contributed by atoms with Gasteiger partial charge in [0.05, 0.1) is 6.61 Å². The van der Waals surface area contributed by atoms with Crippen molar-refractivity contribution in [2.75, 3.05) is 18.5 Å². The minimum atomic E-state index is 0.519. The summed E-state index contributed by atoms with van der Waals surface area (Å²) in [6.07, 6.45) is 0. The van der Waals surface area contributed by atoms with E-state index in [2.05, 4.69) is 29.4 Å². The second-order valence-electron chi connectivity index (χ2n) is 4.68. The smallest absolute Gasteiger partial charge is 0.205 e. The zero-order chi connectivity index (χ0) is 13.7. The first kappa shape index (κ1) is 13.8. The Morgan fingerprint density at radius 3 is 2.89 bits per heavy atom. The molecule has 102 valence electrons. The molecule has 0 bridgehead atoms. The van der Waals surface area contributed by atoms with E-state index in [0.29, 0.717) is 5.92 Å². The van der Waals surface area contributed by atoms with Crippen molar-refractivity contribution < 1.29 is 4.74 Å². The van der Waals surface area contributed by atoms with Crippen molar-refractivity contribution in [1.82, 2.24) is 10.2 Å². The predicted octanol–water partition coefficient (Wildman–Crippen LogP) is 3.67. The molecule has 19 heavy (non-hydrogen) atoms.